The molecule has 3 atom stereocenters. The fraction of sp³-hybridized carbons (Fsp3) is 0.938. The summed E-state index contributed by atoms with van der Waals surface area (Å²) in [5.74, 6) is 0.975. The van der Waals surface area contributed by atoms with E-state index in [0.29, 0.717) is 18.2 Å². The summed E-state index contributed by atoms with van der Waals surface area (Å²) < 4.78 is 7.92. The highest BCUT2D eigenvalue weighted by Gasteiger charge is 2.28. The second-order valence-electron chi connectivity index (χ2n) is 6.73. The molecule has 124 valence electrons. The van der Waals surface area contributed by atoms with Crippen molar-refractivity contribution >= 4 is 0 Å². The third-order valence-corrected chi connectivity index (χ3v) is 5.14. The van der Waals surface area contributed by atoms with E-state index in [9.17, 15) is 0 Å². The SMILES string of the molecule is CC[C@H](N[C@H](C)c1nnnn1C1CCCCC1)[C@H]1CCCO1. The molecular formula is C16H29N5O. The molecule has 1 aliphatic carbocycles. The van der Waals surface area contributed by atoms with Gasteiger partial charge in [0.2, 0.25) is 0 Å². The molecule has 1 aliphatic heterocycles. The highest BCUT2D eigenvalue weighted by molar-refractivity contribution is 4.95. The number of hydrogen-bond acceptors (Lipinski definition) is 5. The van der Waals surface area contributed by atoms with Gasteiger partial charge in [0.25, 0.3) is 0 Å². The third kappa shape index (κ3) is 3.49. The van der Waals surface area contributed by atoms with Crippen LogP contribution in [-0.2, 0) is 4.74 Å². The maximum absolute atomic E-state index is 5.85. The molecule has 22 heavy (non-hydrogen) atoms. The molecule has 6 heteroatoms. The Morgan fingerprint density at radius 3 is 2.73 bits per heavy atom. The first-order chi connectivity index (χ1) is 10.8. The van der Waals surface area contributed by atoms with E-state index in [1.54, 1.807) is 0 Å². The summed E-state index contributed by atoms with van der Waals surface area (Å²) in [6, 6.07) is 1.02. The minimum atomic E-state index is 0.158. The molecule has 0 unspecified atom stereocenters. The summed E-state index contributed by atoms with van der Waals surface area (Å²) in [4.78, 5) is 0. The zero-order valence-corrected chi connectivity index (χ0v) is 13.9. The normalized spacial score (nSPS) is 26.2. The highest BCUT2D eigenvalue weighted by Crippen LogP contribution is 2.29. The van der Waals surface area contributed by atoms with Gasteiger partial charge < -0.3 is 10.1 Å². The van der Waals surface area contributed by atoms with Gasteiger partial charge in [-0.2, -0.15) is 0 Å². The molecule has 0 aromatic carbocycles. The van der Waals surface area contributed by atoms with E-state index in [1.807, 2.05) is 0 Å². The van der Waals surface area contributed by atoms with Gasteiger partial charge in [0.1, 0.15) is 0 Å². The molecule has 2 heterocycles. The molecule has 0 radical (unpaired) electrons. The topological polar surface area (TPSA) is 64.9 Å². The Bertz CT molecular complexity index is 451. The molecule has 2 fully saturated rings. The predicted molar refractivity (Wildman–Crippen MR) is 84.5 cm³/mol. The number of rotatable bonds is 6. The van der Waals surface area contributed by atoms with Gasteiger partial charge in [-0.1, -0.05) is 26.2 Å². The Hall–Kier alpha value is -1.01. The second kappa shape index (κ2) is 7.51. The molecule has 0 amide bonds. The van der Waals surface area contributed by atoms with Gasteiger partial charge >= 0.3 is 0 Å². The van der Waals surface area contributed by atoms with E-state index in [1.165, 1.54) is 38.5 Å². The van der Waals surface area contributed by atoms with Crippen molar-refractivity contribution in [1.29, 1.82) is 0 Å². The van der Waals surface area contributed by atoms with Crippen LogP contribution >= 0.6 is 0 Å². The van der Waals surface area contributed by atoms with E-state index in [2.05, 4.69) is 39.4 Å². The first-order valence-electron chi connectivity index (χ1n) is 8.95. The largest absolute Gasteiger partial charge is 0.377 e. The van der Waals surface area contributed by atoms with E-state index >= 15 is 0 Å². The lowest BCUT2D eigenvalue weighted by molar-refractivity contribution is 0.0727. The van der Waals surface area contributed by atoms with Crippen molar-refractivity contribution in [1.82, 2.24) is 25.5 Å². The Labute approximate surface area is 133 Å². The predicted octanol–water partition coefficient (Wildman–Crippen LogP) is 2.79. The van der Waals surface area contributed by atoms with Crippen LogP contribution in [0.5, 0.6) is 0 Å². The Kier molecular flexibility index (Phi) is 5.41. The molecule has 1 saturated carbocycles. The fourth-order valence-electron chi connectivity index (χ4n) is 3.87. The lowest BCUT2D eigenvalue weighted by Crippen LogP contribution is -2.41. The summed E-state index contributed by atoms with van der Waals surface area (Å²) in [5, 5.41) is 16.2. The minimum absolute atomic E-state index is 0.158. The van der Waals surface area contributed by atoms with Crippen LogP contribution in [0.1, 0.15) is 83.1 Å². The van der Waals surface area contributed by atoms with Crippen molar-refractivity contribution < 1.29 is 4.74 Å². The van der Waals surface area contributed by atoms with Crippen molar-refractivity contribution in [2.75, 3.05) is 6.61 Å². The van der Waals surface area contributed by atoms with Crippen LogP contribution < -0.4 is 5.32 Å². The molecule has 2 aliphatic rings. The monoisotopic (exact) mass is 307 g/mol. The summed E-state index contributed by atoms with van der Waals surface area (Å²) >= 11 is 0. The second-order valence-corrected chi connectivity index (χ2v) is 6.73. The third-order valence-electron chi connectivity index (χ3n) is 5.14. The highest BCUT2D eigenvalue weighted by atomic mass is 16.5. The molecule has 1 N–H and O–H groups in total. The number of nitrogens with zero attached hydrogens (tertiary/aromatic N) is 4. The Morgan fingerprint density at radius 2 is 2.05 bits per heavy atom. The first-order valence-corrected chi connectivity index (χ1v) is 8.95. The molecule has 0 bridgehead atoms. The molecule has 1 saturated heterocycles. The van der Waals surface area contributed by atoms with E-state index < -0.39 is 0 Å². The van der Waals surface area contributed by atoms with Crippen molar-refractivity contribution in [3.63, 3.8) is 0 Å². The van der Waals surface area contributed by atoms with Gasteiger partial charge in [-0.3, -0.25) is 0 Å². The standard InChI is InChI=1S/C16H29N5O/c1-3-14(15-10-7-11-22-15)17-12(2)16-18-19-20-21(16)13-8-5-4-6-9-13/h12-15,17H,3-11H2,1-2H3/t12-,14+,15-/m1/s1. The molecule has 1 aromatic heterocycles. The van der Waals surface area contributed by atoms with Crippen LogP contribution in [0, 0.1) is 0 Å². The van der Waals surface area contributed by atoms with Gasteiger partial charge in [0.05, 0.1) is 18.2 Å². The number of hydrogen-bond donors (Lipinski definition) is 1. The Balaban J connectivity index is 1.66. The van der Waals surface area contributed by atoms with E-state index in [0.717, 1.165) is 25.3 Å². The lowest BCUT2D eigenvalue weighted by atomic mass is 9.95. The summed E-state index contributed by atoms with van der Waals surface area (Å²) in [5.41, 5.74) is 0. The quantitative estimate of drug-likeness (QED) is 0.875. The van der Waals surface area contributed by atoms with E-state index in [-0.39, 0.29) is 6.04 Å². The van der Waals surface area contributed by atoms with Crippen LogP contribution in [0.25, 0.3) is 0 Å². The Morgan fingerprint density at radius 1 is 1.23 bits per heavy atom. The number of aromatic nitrogens is 4. The van der Waals surface area contributed by atoms with Crippen molar-refractivity contribution in [2.45, 2.75) is 89.4 Å². The maximum Gasteiger partial charge on any atom is 0.168 e. The summed E-state index contributed by atoms with van der Waals surface area (Å²) in [6.07, 6.45) is 10.1. The lowest BCUT2D eigenvalue weighted by Gasteiger charge is -2.28. The van der Waals surface area contributed by atoms with Crippen LogP contribution in [0.3, 0.4) is 0 Å². The number of ether oxygens (including phenoxy) is 1. The maximum atomic E-state index is 5.85. The van der Waals surface area contributed by atoms with Gasteiger partial charge in [0, 0.05) is 12.6 Å². The minimum Gasteiger partial charge on any atom is -0.377 e. The van der Waals surface area contributed by atoms with Crippen LogP contribution in [0.2, 0.25) is 0 Å². The van der Waals surface area contributed by atoms with Gasteiger partial charge in [-0.25, -0.2) is 4.68 Å². The zero-order valence-electron chi connectivity index (χ0n) is 13.9. The number of nitrogens with one attached hydrogen (secondary N) is 1. The number of tetrazole rings is 1. The summed E-state index contributed by atoms with van der Waals surface area (Å²) in [6.45, 7) is 5.29. The average Bonchev–Trinajstić information content (AvgIpc) is 3.24. The van der Waals surface area contributed by atoms with Crippen LogP contribution in [0.15, 0.2) is 0 Å². The fourth-order valence-corrected chi connectivity index (χ4v) is 3.87. The average molecular weight is 307 g/mol. The molecule has 1 aromatic rings. The van der Waals surface area contributed by atoms with Crippen molar-refractivity contribution in [2.24, 2.45) is 0 Å². The molecule has 3 rings (SSSR count). The molecular weight excluding hydrogens is 278 g/mol. The molecule has 0 spiro atoms. The molecule has 6 nitrogen and oxygen atoms in total. The zero-order chi connectivity index (χ0) is 15.4. The summed E-state index contributed by atoms with van der Waals surface area (Å²) in [7, 11) is 0. The van der Waals surface area contributed by atoms with Gasteiger partial charge in [-0.15, -0.1) is 5.10 Å². The van der Waals surface area contributed by atoms with Gasteiger partial charge in [0.15, 0.2) is 5.82 Å². The van der Waals surface area contributed by atoms with Gasteiger partial charge in [-0.05, 0) is 49.5 Å². The van der Waals surface area contributed by atoms with Crippen LogP contribution in [-0.4, -0.2) is 39.0 Å². The van der Waals surface area contributed by atoms with Crippen molar-refractivity contribution in [3.8, 4) is 0 Å². The van der Waals surface area contributed by atoms with Crippen LogP contribution in [0.4, 0.5) is 0 Å². The van der Waals surface area contributed by atoms with Crippen molar-refractivity contribution in [3.05, 3.63) is 5.82 Å². The smallest absolute Gasteiger partial charge is 0.168 e. The first kappa shape index (κ1) is 15.9. The van der Waals surface area contributed by atoms with E-state index in [4.69, 9.17) is 4.74 Å².